The molecule has 0 fully saturated rings. The zero-order valence-electron chi connectivity index (χ0n) is 15.3. The molecule has 0 N–H and O–H groups in total. The maximum atomic E-state index is 11.8. The topological polar surface area (TPSA) is 113 Å². The smallest absolute Gasteiger partial charge is 0.336 e. The van der Waals surface area contributed by atoms with Gasteiger partial charge in [-0.3, -0.25) is 20.2 Å². The van der Waals surface area contributed by atoms with Crippen LogP contribution in [0.4, 0.5) is 11.4 Å². The molecule has 0 heterocycles. The van der Waals surface area contributed by atoms with Gasteiger partial charge in [-0.1, -0.05) is 45.6 Å². The minimum absolute atomic E-state index is 0.216. The monoisotopic (exact) mass is 364 g/mol. The molecular formula is C18H24N2O6. The van der Waals surface area contributed by atoms with Crippen molar-refractivity contribution in [1.29, 1.82) is 0 Å². The van der Waals surface area contributed by atoms with Gasteiger partial charge in [0.1, 0.15) is 0 Å². The number of unbranched alkanes of at least 4 members (excludes halogenated alkanes) is 3. The first kappa shape index (κ1) is 21.3. The molecule has 0 aliphatic rings. The van der Waals surface area contributed by atoms with Gasteiger partial charge < -0.3 is 4.74 Å². The van der Waals surface area contributed by atoms with Crippen LogP contribution in [-0.2, 0) is 4.79 Å². The number of ether oxygens (including phenoxy) is 1. The maximum Gasteiger partial charge on any atom is 0.336 e. The quantitative estimate of drug-likeness (QED) is 0.143. The predicted octanol–water partition coefficient (Wildman–Crippen LogP) is 5.06. The van der Waals surface area contributed by atoms with Crippen molar-refractivity contribution in [2.45, 2.75) is 58.8 Å². The Morgan fingerprint density at radius 2 is 1.88 bits per heavy atom. The molecule has 1 aromatic carbocycles. The van der Waals surface area contributed by atoms with E-state index in [1.807, 2.05) is 6.92 Å². The standard InChI is InChI=1S/C18H24N2O6/c1-4-6-7-8-10-13(3)15-11-14(19(22)23)12-16(20(24)25)18(15)26-17(21)9-5-2/h5,9,11-13H,4,6-8,10H2,1-3H3/b9-5-/t13-/m1/s1. The summed E-state index contributed by atoms with van der Waals surface area (Å²) in [6.07, 6.45) is 7.31. The van der Waals surface area contributed by atoms with Crippen LogP contribution < -0.4 is 4.74 Å². The number of carbonyl (C=O) groups excluding carboxylic acids is 1. The molecule has 0 aromatic heterocycles. The number of non-ortho nitro benzene ring substituents is 1. The summed E-state index contributed by atoms with van der Waals surface area (Å²) in [5, 5.41) is 22.5. The largest absolute Gasteiger partial charge is 0.416 e. The van der Waals surface area contributed by atoms with E-state index >= 15 is 0 Å². The Morgan fingerprint density at radius 3 is 2.42 bits per heavy atom. The summed E-state index contributed by atoms with van der Waals surface area (Å²) in [4.78, 5) is 32.9. The Hall–Kier alpha value is -2.77. The summed E-state index contributed by atoms with van der Waals surface area (Å²) >= 11 is 0. The molecule has 1 rings (SSSR count). The number of hydrogen-bond donors (Lipinski definition) is 0. The van der Waals surface area contributed by atoms with E-state index in [1.165, 1.54) is 12.1 Å². The normalized spacial score (nSPS) is 12.1. The van der Waals surface area contributed by atoms with E-state index in [-0.39, 0.29) is 11.7 Å². The Morgan fingerprint density at radius 1 is 1.19 bits per heavy atom. The number of allylic oxidation sites excluding steroid dienone is 1. The van der Waals surface area contributed by atoms with Crippen molar-refractivity contribution in [3.63, 3.8) is 0 Å². The van der Waals surface area contributed by atoms with Gasteiger partial charge in [0, 0.05) is 17.7 Å². The fourth-order valence-electron chi connectivity index (χ4n) is 2.64. The number of rotatable bonds is 10. The lowest BCUT2D eigenvalue weighted by Gasteiger charge is -2.16. The van der Waals surface area contributed by atoms with Gasteiger partial charge in [0.15, 0.2) is 0 Å². The average molecular weight is 364 g/mol. The van der Waals surface area contributed by atoms with Crippen LogP contribution in [0.5, 0.6) is 5.75 Å². The molecule has 142 valence electrons. The van der Waals surface area contributed by atoms with Gasteiger partial charge in [0.25, 0.3) is 5.69 Å². The first-order chi connectivity index (χ1) is 12.3. The Kier molecular flexibility index (Phi) is 8.41. The van der Waals surface area contributed by atoms with Crippen LogP contribution in [0, 0.1) is 20.2 Å². The second-order valence-corrected chi connectivity index (χ2v) is 6.07. The van der Waals surface area contributed by atoms with Crippen LogP contribution in [0.3, 0.4) is 0 Å². The molecule has 0 unspecified atom stereocenters. The van der Waals surface area contributed by atoms with Crippen molar-refractivity contribution < 1.29 is 19.4 Å². The SMILES string of the molecule is C/C=C\C(=O)Oc1c([C@H](C)CCCCCC)cc([N+](=O)[O-])cc1[N+](=O)[O-]. The highest BCUT2D eigenvalue weighted by molar-refractivity contribution is 5.85. The summed E-state index contributed by atoms with van der Waals surface area (Å²) < 4.78 is 5.17. The Balaban J connectivity index is 3.33. The highest BCUT2D eigenvalue weighted by atomic mass is 16.6. The van der Waals surface area contributed by atoms with Crippen LogP contribution in [0.25, 0.3) is 0 Å². The fraction of sp³-hybridized carbons (Fsp3) is 0.500. The second kappa shape index (κ2) is 10.3. The van der Waals surface area contributed by atoms with Crippen LogP contribution in [0.2, 0.25) is 0 Å². The molecule has 0 radical (unpaired) electrons. The number of nitro groups is 2. The van der Waals surface area contributed by atoms with Crippen molar-refractivity contribution in [2.24, 2.45) is 0 Å². The highest BCUT2D eigenvalue weighted by Gasteiger charge is 2.29. The van der Waals surface area contributed by atoms with E-state index in [4.69, 9.17) is 4.74 Å². The van der Waals surface area contributed by atoms with Crippen molar-refractivity contribution in [1.82, 2.24) is 0 Å². The molecule has 0 aliphatic carbocycles. The third-order valence-electron chi connectivity index (χ3n) is 4.02. The van der Waals surface area contributed by atoms with E-state index in [0.717, 1.165) is 37.8 Å². The molecule has 0 saturated carbocycles. The minimum Gasteiger partial charge on any atom is -0.416 e. The van der Waals surface area contributed by atoms with E-state index in [1.54, 1.807) is 6.92 Å². The summed E-state index contributed by atoms with van der Waals surface area (Å²) in [6.45, 7) is 5.52. The molecule has 8 nitrogen and oxygen atoms in total. The lowest BCUT2D eigenvalue weighted by molar-refractivity contribution is -0.394. The van der Waals surface area contributed by atoms with Crippen LogP contribution in [-0.4, -0.2) is 15.8 Å². The zero-order valence-corrected chi connectivity index (χ0v) is 15.3. The fourth-order valence-corrected chi connectivity index (χ4v) is 2.64. The number of hydrogen-bond acceptors (Lipinski definition) is 6. The van der Waals surface area contributed by atoms with E-state index < -0.39 is 27.2 Å². The van der Waals surface area contributed by atoms with Gasteiger partial charge in [0.05, 0.1) is 15.9 Å². The van der Waals surface area contributed by atoms with E-state index in [0.29, 0.717) is 12.0 Å². The van der Waals surface area contributed by atoms with Crippen molar-refractivity contribution in [3.05, 3.63) is 50.1 Å². The van der Waals surface area contributed by atoms with E-state index in [2.05, 4.69) is 6.92 Å². The maximum absolute atomic E-state index is 11.8. The average Bonchev–Trinajstić information content (AvgIpc) is 2.58. The number of nitro benzene ring substituents is 2. The summed E-state index contributed by atoms with van der Waals surface area (Å²) in [6, 6.07) is 2.08. The number of esters is 1. The van der Waals surface area contributed by atoms with E-state index in [9.17, 15) is 25.0 Å². The van der Waals surface area contributed by atoms with Crippen molar-refractivity contribution >= 4 is 17.3 Å². The first-order valence-corrected chi connectivity index (χ1v) is 8.63. The lowest BCUT2D eigenvalue weighted by Crippen LogP contribution is -2.10. The summed E-state index contributed by atoms with van der Waals surface area (Å²) in [5.41, 5.74) is -0.661. The van der Waals surface area contributed by atoms with Gasteiger partial charge in [-0.2, -0.15) is 0 Å². The Bertz CT molecular complexity index is 699. The Labute approximate surface area is 152 Å². The molecule has 0 amide bonds. The molecule has 0 aliphatic heterocycles. The third kappa shape index (κ3) is 5.94. The van der Waals surface area contributed by atoms with Gasteiger partial charge in [0.2, 0.25) is 5.75 Å². The summed E-state index contributed by atoms with van der Waals surface area (Å²) in [5.74, 6) is -1.20. The first-order valence-electron chi connectivity index (χ1n) is 8.63. The van der Waals surface area contributed by atoms with Crippen molar-refractivity contribution in [3.8, 4) is 5.75 Å². The lowest BCUT2D eigenvalue weighted by atomic mass is 9.93. The highest BCUT2D eigenvalue weighted by Crippen LogP contribution is 2.41. The van der Waals surface area contributed by atoms with Crippen molar-refractivity contribution in [2.75, 3.05) is 0 Å². The second-order valence-electron chi connectivity index (χ2n) is 6.07. The number of carbonyl (C=O) groups is 1. The summed E-state index contributed by atoms with van der Waals surface area (Å²) in [7, 11) is 0. The van der Waals surface area contributed by atoms with Crippen LogP contribution in [0.1, 0.15) is 64.4 Å². The molecular weight excluding hydrogens is 340 g/mol. The molecule has 0 saturated heterocycles. The molecule has 8 heteroatoms. The van der Waals surface area contributed by atoms with Gasteiger partial charge in [-0.05, 0) is 19.3 Å². The minimum atomic E-state index is -0.765. The number of benzene rings is 1. The molecule has 1 atom stereocenters. The third-order valence-corrected chi connectivity index (χ3v) is 4.02. The van der Waals surface area contributed by atoms with Gasteiger partial charge >= 0.3 is 11.7 Å². The molecule has 0 bridgehead atoms. The molecule has 26 heavy (non-hydrogen) atoms. The van der Waals surface area contributed by atoms with Gasteiger partial charge in [-0.15, -0.1) is 0 Å². The number of nitrogens with zero attached hydrogens (tertiary/aromatic N) is 2. The van der Waals surface area contributed by atoms with Crippen LogP contribution in [0.15, 0.2) is 24.3 Å². The predicted molar refractivity (Wildman–Crippen MR) is 97.4 cm³/mol. The zero-order chi connectivity index (χ0) is 19.7. The molecule has 1 aromatic rings. The molecule has 0 spiro atoms. The van der Waals surface area contributed by atoms with Crippen LogP contribution >= 0.6 is 0 Å². The van der Waals surface area contributed by atoms with Gasteiger partial charge in [-0.25, -0.2) is 4.79 Å².